The summed E-state index contributed by atoms with van der Waals surface area (Å²) in [5, 5.41) is 0. The van der Waals surface area contributed by atoms with E-state index in [1.165, 1.54) is 32.4 Å². The molecule has 2 aliphatic rings. The molecule has 1 aliphatic carbocycles. The Bertz CT molecular complexity index is 124. The molecule has 64 valence electrons. The van der Waals surface area contributed by atoms with Gasteiger partial charge in [-0.25, -0.2) is 0 Å². The smallest absolute Gasteiger partial charge is 0.0105 e. The van der Waals surface area contributed by atoms with E-state index in [2.05, 4.69) is 4.90 Å². The van der Waals surface area contributed by atoms with Crippen molar-refractivity contribution in [3.8, 4) is 0 Å². The van der Waals surface area contributed by atoms with Gasteiger partial charge >= 0.3 is 0 Å². The van der Waals surface area contributed by atoms with E-state index in [4.69, 9.17) is 5.73 Å². The number of likely N-dealkylation sites (tertiary alicyclic amines) is 1. The van der Waals surface area contributed by atoms with E-state index in [1.54, 1.807) is 0 Å². The van der Waals surface area contributed by atoms with Gasteiger partial charge in [0, 0.05) is 26.2 Å². The number of fused-ring (bicyclic) bond motifs is 1. The van der Waals surface area contributed by atoms with E-state index < -0.39 is 0 Å². The molecule has 2 fully saturated rings. The predicted molar refractivity (Wildman–Crippen MR) is 46.3 cm³/mol. The van der Waals surface area contributed by atoms with Gasteiger partial charge in [-0.3, -0.25) is 0 Å². The lowest BCUT2D eigenvalue weighted by molar-refractivity contribution is 0.320. The largest absolute Gasteiger partial charge is 0.329 e. The summed E-state index contributed by atoms with van der Waals surface area (Å²) in [5.74, 6) is 2.06. The Hall–Kier alpha value is -0.0800. The Kier molecular flexibility index (Phi) is 2.14. The van der Waals surface area contributed by atoms with Crippen LogP contribution in [0.5, 0.6) is 0 Å². The van der Waals surface area contributed by atoms with Crippen LogP contribution in [-0.4, -0.2) is 31.1 Å². The zero-order chi connectivity index (χ0) is 7.68. The number of nitrogens with zero attached hydrogens (tertiary/aromatic N) is 1. The summed E-state index contributed by atoms with van der Waals surface area (Å²) in [4.78, 5) is 2.54. The second-order valence-electron chi connectivity index (χ2n) is 4.00. The van der Waals surface area contributed by atoms with Gasteiger partial charge in [-0.1, -0.05) is 6.42 Å². The summed E-state index contributed by atoms with van der Waals surface area (Å²) in [6.45, 7) is 4.62. The van der Waals surface area contributed by atoms with Gasteiger partial charge in [0.2, 0.25) is 0 Å². The molecule has 2 rings (SSSR count). The van der Waals surface area contributed by atoms with Crippen molar-refractivity contribution in [1.29, 1.82) is 0 Å². The first-order valence-electron chi connectivity index (χ1n) is 4.82. The van der Waals surface area contributed by atoms with E-state index in [0.29, 0.717) is 0 Å². The van der Waals surface area contributed by atoms with Crippen LogP contribution in [0.25, 0.3) is 0 Å². The fourth-order valence-electron chi connectivity index (χ4n) is 2.70. The average Bonchev–Trinajstić information content (AvgIpc) is 2.46. The molecule has 2 N–H and O–H groups in total. The Morgan fingerprint density at radius 3 is 2.36 bits per heavy atom. The number of rotatable bonds is 2. The van der Waals surface area contributed by atoms with Gasteiger partial charge in [-0.15, -0.1) is 0 Å². The fourth-order valence-corrected chi connectivity index (χ4v) is 2.70. The van der Waals surface area contributed by atoms with Crippen molar-refractivity contribution in [2.75, 3.05) is 26.2 Å². The minimum absolute atomic E-state index is 0.833. The first-order valence-corrected chi connectivity index (χ1v) is 4.82. The van der Waals surface area contributed by atoms with Gasteiger partial charge in [-0.2, -0.15) is 0 Å². The Morgan fingerprint density at radius 1 is 1.18 bits per heavy atom. The summed E-state index contributed by atoms with van der Waals surface area (Å²) < 4.78 is 0. The number of hydrogen-bond acceptors (Lipinski definition) is 2. The molecule has 0 spiro atoms. The molecular formula is C9H18N2. The van der Waals surface area contributed by atoms with Crippen LogP contribution in [0.3, 0.4) is 0 Å². The lowest BCUT2D eigenvalue weighted by atomic mass is 10.0. The zero-order valence-electron chi connectivity index (χ0n) is 7.13. The summed E-state index contributed by atoms with van der Waals surface area (Å²) >= 11 is 0. The molecular weight excluding hydrogens is 136 g/mol. The predicted octanol–water partition coefficient (Wildman–Crippen LogP) is 0.677. The van der Waals surface area contributed by atoms with Crippen LogP contribution >= 0.6 is 0 Å². The summed E-state index contributed by atoms with van der Waals surface area (Å²) in [6.07, 6.45) is 4.43. The van der Waals surface area contributed by atoms with Crippen molar-refractivity contribution >= 4 is 0 Å². The maximum atomic E-state index is 5.52. The van der Waals surface area contributed by atoms with Gasteiger partial charge in [0.1, 0.15) is 0 Å². The molecule has 2 unspecified atom stereocenters. The molecule has 0 amide bonds. The minimum atomic E-state index is 0.833. The van der Waals surface area contributed by atoms with Crippen molar-refractivity contribution in [2.45, 2.75) is 19.3 Å². The van der Waals surface area contributed by atoms with Crippen molar-refractivity contribution in [3.63, 3.8) is 0 Å². The van der Waals surface area contributed by atoms with E-state index >= 15 is 0 Å². The molecule has 1 aliphatic heterocycles. The van der Waals surface area contributed by atoms with Gasteiger partial charge in [0.05, 0.1) is 0 Å². The third-order valence-corrected chi connectivity index (χ3v) is 3.25. The molecule has 0 aromatic rings. The first-order chi connectivity index (χ1) is 5.40. The minimum Gasteiger partial charge on any atom is -0.329 e. The van der Waals surface area contributed by atoms with Crippen LogP contribution in [-0.2, 0) is 0 Å². The van der Waals surface area contributed by atoms with Crippen LogP contribution in [0.2, 0.25) is 0 Å². The number of nitrogens with two attached hydrogens (primary N) is 1. The highest BCUT2D eigenvalue weighted by Gasteiger charge is 2.35. The van der Waals surface area contributed by atoms with Crippen molar-refractivity contribution < 1.29 is 0 Å². The highest BCUT2D eigenvalue weighted by molar-refractivity contribution is 4.88. The lowest BCUT2D eigenvalue weighted by Crippen LogP contribution is -2.27. The summed E-state index contributed by atoms with van der Waals surface area (Å²) in [7, 11) is 0. The normalized spacial score (nSPS) is 37.9. The zero-order valence-corrected chi connectivity index (χ0v) is 7.13. The molecule has 0 aromatic heterocycles. The van der Waals surface area contributed by atoms with Crippen LogP contribution < -0.4 is 5.73 Å². The molecule has 1 heterocycles. The highest BCUT2D eigenvalue weighted by atomic mass is 15.2. The molecule has 0 radical (unpaired) electrons. The Balaban J connectivity index is 1.84. The molecule has 0 aromatic carbocycles. The van der Waals surface area contributed by atoms with Crippen LogP contribution in [0, 0.1) is 11.8 Å². The van der Waals surface area contributed by atoms with Crippen LogP contribution in [0.4, 0.5) is 0 Å². The molecule has 1 saturated carbocycles. The van der Waals surface area contributed by atoms with E-state index in [-0.39, 0.29) is 0 Å². The standard InChI is InChI=1S/C9H18N2/c10-4-5-11-6-8-2-1-3-9(8)7-11/h8-9H,1-7,10H2. The second kappa shape index (κ2) is 3.11. The Labute approximate surface area is 68.7 Å². The summed E-state index contributed by atoms with van der Waals surface area (Å²) in [5.41, 5.74) is 5.52. The second-order valence-corrected chi connectivity index (χ2v) is 4.00. The van der Waals surface area contributed by atoms with Gasteiger partial charge < -0.3 is 10.6 Å². The SMILES string of the molecule is NCCN1CC2CCCC2C1. The molecule has 0 bridgehead atoms. The third-order valence-electron chi connectivity index (χ3n) is 3.25. The quantitative estimate of drug-likeness (QED) is 0.633. The fraction of sp³-hybridized carbons (Fsp3) is 1.00. The topological polar surface area (TPSA) is 29.3 Å². The monoisotopic (exact) mass is 154 g/mol. The van der Waals surface area contributed by atoms with E-state index in [9.17, 15) is 0 Å². The Morgan fingerprint density at radius 2 is 1.82 bits per heavy atom. The summed E-state index contributed by atoms with van der Waals surface area (Å²) in [6, 6.07) is 0. The number of hydrogen-bond donors (Lipinski definition) is 1. The van der Waals surface area contributed by atoms with E-state index in [1.807, 2.05) is 0 Å². The highest BCUT2D eigenvalue weighted by Crippen LogP contribution is 2.37. The van der Waals surface area contributed by atoms with E-state index in [0.717, 1.165) is 24.9 Å². The van der Waals surface area contributed by atoms with Gasteiger partial charge in [0.15, 0.2) is 0 Å². The third kappa shape index (κ3) is 1.42. The van der Waals surface area contributed by atoms with Crippen LogP contribution in [0.1, 0.15) is 19.3 Å². The molecule has 2 heteroatoms. The molecule has 2 atom stereocenters. The lowest BCUT2D eigenvalue weighted by Gasteiger charge is -2.14. The van der Waals surface area contributed by atoms with Crippen molar-refractivity contribution in [3.05, 3.63) is 0 Å². The maximum absolute atomic E-state index is 5.52. The molecule has 11 heavy (non-hydrogen) atoms. The van der Waals surface area contributed by atoms with Crippen molar-refractivity contribution in [1.82, 2.24) is 4.90 Å². The molecule has 1 saturated heterocycles. The van der Waals surface area contributed by atoms with Gasteiger partial charge in [-0.05, 0) is 24.7 Å². The molecule has 2 nitrogen and oxygen atoms in total. The first kappa shape index (κ1) is 7.56. The average molecular weight is 154 g/mol. The maximum Gasteiger partial charge on any atom is 0.0105 e. The van der Waals surface area contributed by atoms with Crippen LogP contribution in [0.15, 0.2) is 0 Å². The van der Waals surface area contributed by atoms with Gasteiger partial charge in [0.25, 0.3) is 0 Å². The van der Waals surface area contributed by atoms with Crippen molar-refractivity contribution in [2.24, 2.45) is 17.6 Å².